The van der Waals surface area contributed by atoms with E-state index < -0.39 is 0 Å². The molecule has 0 aromatic carbocycles. The second-order valence-corrected chi connectivity index (χ2v) is 7.19. The maximum atomic E-state index is 12.5. The van der Waals surface area contributed by atoms with E-state index in [4.69, 9.17) is 4.42 Å². The van der Waals surface area contributed by atoms with E-state index in [0.717, 1.165) is 0 Å². The molecule has 6 nitrogen and oxygen atoms in total. The second kappa shape index (κ2) is 7.71. The standard InChI is InChI=1S/C17H17N3O3S2/c1-3-7-20-16(22)15-12(6-9-24-15)19-17(20)25-10-14(21)18-11(2)13-5-4-8-23-13/h3-6,8-9,11H,1,7,10H2,2H3,(H,18,21)/t11-/m0/s1. The first kappa shape index (κ1) is 17.5. The Labute approximate surface area is 152 Å². The third-order valence-corrected chi connectivity index (χ3v) is 5.39. The Morgan fingerprint density at radius 2 is 2.40 bits per heavy atom. The predicted molar refractivity (Wildman–Crippen MR) is 100 cm³/mol. The van der Waals surface area contributed by atoms with Crippen molar-refractivity contribution in [3.8, 4) is 0 Å². The molecule has 130 valence electrons. The highest BCUT2D eigenvalue weighted by atomic mass is 32.2. The fraction of sp³-hybridized carbons (Fsp3) is 0.235. The minimum Gasteiger partial charge on any atom is -0.467 e. The highest BCUT2D eigenvalue weighted by Crippen LogP contribution is 2.21. The lowest BCUT2D eigenvalue weighted by Gasteiger charge is -2.12. The summed E-state index contributed by atoms with van der Waals surface area (Å²) in [5.41, 5.74) is 0.550. The fourth-order valence-corrected chi connectivity index (χ4v) is 3.94. The van der Waals surface area contributed by atoms with Crippen LogP contribution in [0, 0.1) is 0 Å². The smallest absolute Gasteiger partial charge is 0.272 e. The molecule has 0 radical (unpaired) electrons. The van der Waals surface area contributed by atoms with Crippen molar-refractivity contribution in [1.29, 1.82) is 0 Å². The number of hydrogen-bond acceptors (Lipinski definition) is 6. The lowest BCUT2D eigenvalue weighted by molar-refractivity contribution is -0.119. The van der Waals surface area contributed by atoms with Crippen LogP contribution in [0.3, 0.4) is 0 Å². The van der Waals surface area contributed by atoms with E-state index in [1.165, 1.54) is 23.1 Å². The molecule has 0 aliphatic rings. The van der Waals surface area contributed by atoms with E-state index in [-0.39, 0.29) is 23.3 Å². The van der Waals surface area contributed by atoms with Crippen molar-refractivity contribution >= 4 is 39.2 Å². The average molecular weight is 375 g/mol. The molecular formula is C17H17N3O3S2. The lowest BCUT2D eigenvalue weighted by atomic mass is 10.2. The molecule has 1 amide bonds. The number of fused-ring (bicyclic) bond motifs is 1. The van der Waals surface area contributed by atoms with E-state index in [1.54, 1.807) is 23.0 Å². The summed E-state index contributed by atoms with van der Waals surface area (Å²) >= 11 is 2.60. The van der Waals surface area contributed by atoms with Crippen LogP contribution in [0.2, 0.25) is 0 Å². The Morgan fingerprint density at radius 3 is 3.12 bits per heavy atom. The fourth-order valence-electron chi connectivity index (χ4n) is 2.35. The van der Waals surface area contributed by atoms with Crippen LogP contribution in [-0.4, -0.2) is 21.2 Å². The van der Waals surface area contributed by atoms with Gasteiger partial charge in [-0.25, -0.2) is 4.98 Å². The summed E-state index contributed by atoms with van der Waals surface area (Å²) in [7, 11) is 0. The molecule has 0 aliphatic heterocycles. The van der Waals surface area contributed by atoms with E-state index in [1.807, 2.05) is 24.4 Å². The molecule has 0 bridgehead atoms. The number of furan rings is 1. The molecule has 3 aromatic rings. The molecule has 0 spiro atoms. The zero-order valence-corrected chi connectivity index (χ0v) is 15.2. The normalized spacial score (nSPS) is 12.2. The molecule has 3 heterocycles. The van der Waals surface area contributed by atoms with Crippen molar-refractivity contribution in [3.63, 3.8) is 0 Å². The Balaban J connectivity index is 1.73. The first-order chi connectivity index (χ1) is 12.1. The third kappa shape index (κ3) is 3.85. The van der Waals surface area contributed by atoms with Crippen LogP contribution >= 0.6 is 23.1 Å². The van der Waals surface area contributed by atoms with Gasteiger partial charge in [0.15, 0.2) is 5.16 Å². The van der Waals surface area contributed by atoms with Crippen LogP contribution in [0.25, 0.3) is 10.2 Å². The summed E-state index contributed by atoms with van der Waals surface area (Å²) in [6.45, 7) is 5.89. The summed E-state index contributed by atoms with van der Waals surface area (Å²) in [6.07, 6.45) is 3.21. The van der Waals surface area contributed by atoms with E-state index in [9.17, 15) is 9.59 Å². The van der Waals surface area contributed by atoms with Crippen molar-refractivity contribution < 1.29 is 9.21 Å². The minimum absolute atomic E-state index is 0.105. The number of thiophene rings is 1. The van der Waals surface area contributed by atoms with Crippen LogP contribution in [0.1, 0.15) is 18.7 Å². The molecule has 0 unspecified atom stereocenters. The van der Waals surface area contributed by atoms with Crippen molar-refractivity contribution in [2.45, 2.75) is 24.7 Å². The highest BCUT2D eigenvalue weighted by molar-refractivity contribution is 7.99. The zero-order chi connectivity index (χ0) is 17.8. The van der Waals surface area contributed by atoms with Gasteiger partial charge in [-0.3, -0.25) is 14.2 Å². The molecule has 0 fully saturated rings. The summed E-state index contributed by atoms with van der Waals surface area (Å²) in [5, 5.41) is 5.21. The van der Waals surface area contributed by atoms with Crippen LogP contribution in [0.4, 0.5) is 0 Å². The number of allylic oxidation sites excluding steroid dienone is 1. The molecule has 1 N–H and O–H groups in total. The molecule has 3 rings (SSSR count). The van der Waals surface area contributed by atoms with Gasteiger partial charge in [-0.05, 0) is 30.5 Å². The van der Waals surface area contributed by atoms with Crippen LogP contribution in [-0.2, 0) is 11.3 Å². The van der Waals surface area contributed by atoms with Gasteiger partial charge >= 0.3 is 0 Å². The van der Waals surface area contributed by atoms with Gasteiger partial charge in [0, 0.05) is 6.54 Å². The van der Waals surface area contributed by atoms with Gasteiger partial charge in [-0.15, -0.1) is 17.9 Å². The van der Waals surface area contributed by atoms with Crippen molar-refractivity contribution in [3.05, 3.63) is 58.6 Å². The number of rotatable bonds is 7. The molecule has 25 heavy (non-hydrogen) atoms. The highest BCUT2D eigenvalue weighted by Gasteiger charge is 2.15. The number of carbonyl (C=O) groups is 1. The van der Waals surface area contributed by atoms with Gasteiger partial charge in [0.1, 0.15) is 10.5 Å². The Morgan fingerprint density at radius 1 is 1.56 bits per heavy atom. The Hall–Kier alpha value is -2.32. The van der Waals surface area contributed by atoms with Gasteiger partial charge in [0.05, 0.1) is 23.6 Å². The molecule has 3 aromatic heterocycles. The second-order valence-electron chi connectivity index (χ2n) is 5.33. The Kier molecular flexibility index (Phi) is 5.40. The van der Waals surface area contributed by atoms with Gasteiger partial charge in [-0.1, -0.05) is 17.8 Å². The SMILES string of the molecule is C=CCn1c(SCC(=O)N[C@@H](C)c2ccco2)nc2ccsc2c1=O. The van der Waals surface area contributed by atoms with E-state index in [2.05, 4.69) is 16.9 Å². The molecule has 8 heteroatoms. The van der Waals surface area contributed by atoms with Crippen molar-refractivity contribution in [1.82, 2.24) is 14.9 Å². The lowest BCUT2D eigenvalue weighted by Crippen LogP contribution is -2.28. The number of hydrogen-bond donors (Lipinski definition) is 1. The summed E-state index contributed by atoms with van der Waals surface area (Å²) in [5.74, 6) is 0.697. The van der Waals surface area contributed by atoms with Gasteiger partial charge < -0.3 is 9.73 Å². The van der Waals surface area contributed by atoms with Gasteiger partial charge in [0.2, 0.25) is 5.91 Å². The maximum absolute atomic E-state index is 12.5. The van der Waals surface area contributed by atoms with Crippen LogP contribution in [0.5, 0.6) is 0 Å². The average Bonchev–Trinajstić information content (AvgIpc) is 3.27. The quantitative estimate of drug-likeness (QED) is 0.390. The topological polar surface area (TPSA) is 77.1 Å². The van der Waals surface area contributed by atoms with E-state index in [0.29, 0.717) is 27.7 Å². The minimum atomic E-state index is -0.217. The maximum Gasteiger partial charge on any atom is 0.272 e. The van der Waals surface area contributed by atoms with Gasteiger partial charge in [-0.2, -0.15) is 0 Å². The molecule has 1 atom stereocenters. The number of nitrogens with zero attached hydrogens (tertiary/aromatic N) is 2. The van der Waals surface area contributed by atoms with Gasteiger partial charge in [0.25, 0.3) is 5.56 Å². The molecule has 0 saturated heterocycles. The number of amides is 1. The van der Waals surface area contributed by atoms with Crippen molar-refractivity contribution in [2.24, 2.45) is 0 Å². The molecule has 0 saturated carbocycles. The summed E-state index contributed by atoms with van der Waals surface area (Å²) in [6, 6.07) is 5.18. The summed E-state index contributed by atoms with van der Waals surface area (Å²) in [4.78, 5) is 29.2. The first-order valence-electron chi connectivity index (χ1n) is 7.64. The van der Waals surface area contributed by atoms with Crippen molar-refractivity contribution in [2.75, 3.05) is 5.75 Å². The number of nitrogens with one attached hydrogen (secondary N) is 1. The van der Waals surface area contributed by atoms with Crippen LogP contribution < -0.4 is 10.9 Å². The third-order valence-electron chi connectivity index (χ3n) is 3.52. The number of carbonyl (C=O) groups excluding carboxylic acids is 1. The molecule has 0 aliphatic carbocycles. The van der Waals surface area contributed by atoms with Crippen LogP contribution in [0.15, 0.2) is 56.9 Å². The molecular weight excluding hydrogens is 358 g/mol. The largest absolute Gasteiger partial charge is 0.467 e. The zero-order valence-electron chi connectivity index (χ0n) is 13.6. The predicted octanol–water partition coefficient (Wildman–Crippen LogP) is 3.21. The first-order valence-corrected chi connectivity index (χ1v) is 9.51. The monoisotopic (exact) mass is 375 g/mol. The number of thioether (sulfide) groups is 1. The van der Waals surface area contributed by atoms with E-state index >= 15 is 0 Å². The summed E-state index contributed by atoms with van der Waals surface area (Å²) < 4.78 is 7.43. The Bertz CT molecular complexity index is 944. The number of aromatic nitrogens is 2.